The molecule has 0 heterocycles. The van der Waals surface area contributed by atoms with Gasteiger partial charge < -0.3 is 16.9 Å². The molecule has 0 saturated heterocycles. The molecule has 2 saturated carbocycles. The van der Waals surface area contributed by atoms with Crippen LogP contribution in [0.4, 0.5) is 0 Å². The molecule has 25 heavy (non-hydrogen) atoms. The number of hydrogen-bond donors (Lipinski definition) is 0. The molecule has 1 aromatic rings. The summed E-state index contributed by atoms with van der Waals surface area (Å²) in [6.07, 6.45) is 2.32. The number of rotatable bonds is 5. The SMILES string of the molecule is CC(C[N+](C)(C)Cc1ccccc1)C1C(=O)C2(C)CCC1C2(C)C.[Cl-]. The Labute approximate surface area is 160 Å². The molecule has 0 radical (unpaired) electrons. The number of nitrogens with zero attached hydrogens (tertiary/aromatic N) is 1. The number of halogens is 1. The van der Waals surface area contributed by atoms with Crippen LogP contribution < -0.4 is 12.4 Å². The van der Waals surface area contributed by atoms with Gasteiger partial charge in [-0.05, 0) is 24.2 Å². The molecule has 140 valence electrons. The standard InChI is InChI=1S/C22H34NO.ClH/c1-16(14-23(5,6)15-17-10-8-7-9-11-17)19-18-12-13-22(4,20(19)24)21(18,2)3;/h7-11,16,18-19H,12-15H2,1-6H3;1H/q+1;/p-1. The third-order valence-electron chi connectivity index (χ3n) is 7.43. The number of Topliss-reactive ketones (excluding diaryl/α,β-unsaturated/α-hetero) is 1. The van der Waals surface area contributed by atoms with Gasteiger partial charge in [-0.2, -0.15) is 0 Å². The number of quaternary nitrogens is 1. The number of carbonyl (C=O) groups is 1. The Morgan fingerprint density at radius 3 is 2.28 bits per heavy atom. The maximum atomic E-state index is 13.2. The van der Waals surface area contributed by atoms with E-state index >= 15 is 0 Å². The van der Waals surface area contributed by atoms with Gasteiger partial charge in [-0.25, -0.2) is 0 Å². The molecule has 0 spiro atoms. The van der Waals surface area contributed by atoms with Gasteiger partial charge in [-0.15, -0.1) is 0 Å². The van der Waals surface area contributed by atoms with E-state index in [4.69, 9.17) is 0 Å². The molecule has 4 unspecified atom stereocenters. The van der Waals surface area contributed by atoms with Crippen molar-refractivity contribution in [1.29, 1.82) is 0 Å². The molecule has 2 bridgehead atoms. The second-order valence-electron chi connectivity index (χ2n) is 9.83. The zero-order valence-electron chi connectivity index (χ0n) is 16.7. The first-order valence-electron chi connectivity index (χ1n) is 9.49. The van der Waals surface area contributed by atoms with Crippen molar-refractivity contribution in [2.45, 2.75) is 47.1 Å². The molecule has 3 rings (SSSR count). The highest BCUT2D eigenvalue weighted by atomic mass is 35.5. The van der Waals surface area contributed by atoms with Crippen LogP contribution in [-0.4, -0.2) is 30.9 Å². The molecule has 2 nitrogen and oxygen atoms in total. The third-order valence-corrected chi connectivity index (χ3v) is 7.43. The van der Waals surface area contributed by atoms with Crippen molar-refractivity contribution in [1.82, 2.24) is 0 Å². The highest BCUT2D eigenvalue weighted by Gasteiger charge is 2.67. The van der Waals surface area contributed by atoms with Gasteiger partial charge in [0.05, 0.1) is 20.6 Å². The summed E-state index contributed by atoms with van der Waals surface area (Å²) in [5.41, 5.74) is 1.45. The van der Waals surface area contributed by atoms with Crippen LogP contribution in [0.15, 0.2) is 30.3 Å². The first-order chi connectivity index (χ1) is 11.1. The number of fused-ring (bicyclic) bond motifs is 2. The predicted molar refractivity (Wildman–Crippen MR) is 99.4 cm³/mol. The lowest BCUT2D eigenvalue weighted by atomic mass is 9.70. The van der Waals surface area contributed by atoms with E-state index < -0.39 is 0 Å². The van der Waals surface area contributed by atoms with Crippen molar-refractivity contribution >= 4 is 5.78 Å². The van der Waals surface area contributed by atoms with Crippen LogP contribution in [0.5, 0.6) is 0 Å². The van der Waals surface area contributed by atoms with Crippen LogP contribution in [-0.2, 0) is 11.3 Å². The quantitative estimate of drug-likeness (QED) is 0.725. The summed E-state index contributed by atoms with van der Waals surface area (Å²) in [7, 11) is 4.60. The summed E-state index contributed by atoms with van der Waals surface area (Å²) in [6, 6.07) is 10.7. The van der Waals surface area contributed by atoms with Crippen molar-refractivity contribution in [3.8, 4) is 0 Å². The fourth-order valence-electron chi connectivity index (χ4n) is 5.85. The molecule has 2 aliphatic rings. The molecule has 2 aliphatic carbocycles. The summed E-state index contributed by atoms with van der Waals surface area (Å²) >= 11 is 0. The molecular formula is C22H34ClNO. The van der Waals surface area contributed by atoms with Crippen molar-refractivity contribution in [2.75, 3.05) is 20.6 Å². The Hall–Kier alpha value is -0.860. The molecule has 0 aromatic heterocycles. The van der Waals surface area contributed by atoms with Crippen molar-refractivity contribution < 1.29 is 21.7 Å². The fourth-order valence-corrected chi connectivity index (χ4v) is 5.85. The smallest absolute Gasteiger partial charge is 0.143 e. The Bertz CT molecular complexity index is 624. The molecule has 0 aliphatic heterocycles. The summed E-state index contributed by atoms with van der Waals surface area (Å²) in [5.74, 6) is 1.83. The van der Waals surface area contributed by atoms with Gasteiger partial charge in [-0.1, -0.05) is 58.0 Å². The van der Waals surface area contributed by atoms with E-state index in [1.54, 1.807) is 0 Å². The lowest BCUT2D eigenvalue weighted by Gasteiger charge is -2.37. The minimum Gasteiger partial charge on any atom is -1.00 e. The number of carbonyl (C=O) groups excluding carboxylic acids is 1. The Morgan fingerprint density at radius 1 is 1.16 bits per heavy atom. The van der Waals surface area contributed by atoms with Crippen LogP contribution in [0.1, 0.15) is 46.1 Å². The van der Waals surface area contributed by atoms with Crippen LogP contribution >= 0.6 is 0 Å². The van der Waals surface area contributed by atoms with E-state index in [1.165, 1.54) is 12.0 Å². The topological polar surface area (TPSA) is 17.1 Å². The predicted octanol–water partition coefficient (Wildman–Crippen LogP) is 1.54. The van der Waals surface area contributed by atoms with Gasteiger partial charge in [0.15, 0.2) is 0 Å². The van der Waals surface area contributed by atoms with Gasteiger partial charge >= 0.3 is 0 Å². The van der Waals surface area contributed by atoms with Crippen molar-refractivity contribution in [3.05, 3.63) is 35.9 Å². The largest absolute Gasteiger partial charge is 1.00 e. The number of ketones is 1. The summed E-state index contributed by atoms with van der Waals surface area (Å²) in [4.78, 5) is 13.2. The summed E-state index contributed by atoms with van der Waals surface area (Å²) < 4.78 is 0.943. The van der Waals surface area contributed by atoms with E-state index in [2.05, 4.69) is 72.1 Å². The van der Waals surface area contributed by atoms with Gasteiger partial charge in [0, 0.05) is 22.8 Å². The molecule has 0 amide bonds. The Kier molecular flexibility index (Phi) is 5.48. The first kappa shape index (κ1) is 20.5. The second kappa shape index (κ2) is 6.70. The van der Waals surface area contributed by atoms with Crippen LogP contribution in [0.2, 0.25) is 0 Å². The summed E-state index contributed by atoms with van der Waals surface area (Å²) in [6.45, 7) is 11.3. The highest BCUT2D eigenvalue weighted by molar-refractivity contribution is 5.91. The van der Waals surface area contributed by atoms with E-state index in [0.29, 0.717) is 17.6 Å². The average molecular weight is 364 g/mol. The van der Waals surface area contributed by atoms with Crippen LogP contribution in [0, 0.1) is 28.6 Å². The lowest BCUT2D eigenvalue weighted by Crippen LogP contribution is -3.00. The average Bonchev–Trinajstić information content (AvgIpc) is 2.79. The van der Waals surface area contributed by atoms with Gasteiger partial charge in [-0.3, -0.25) is 4.79 Å². The van der Waals surface area contributed by atoms with E-state index in [1.807, 2.05) is 0 Å². The molecule has 1 aromatic carbocycles. The molecule has 4 atom stereocenters. The lowest BCUT2D eigenvalue weighted by molar-refractivity contribution is -0.907. The monoisotopic (exact) mass is 363 g/mol. The maximum absolute atomic E-state index is 13.2. The minimum absolute atomic E-state index is 0. The molecular weight excluding hydrogens is 330 g/mol. The molecule has 3 heteroatoms. The molecule has 0 N–H and O–H groups in total. The van der Waals surface area contributed by atoms with Crippen molar-refractivity contribution in [2.24, 2.45) is 28.6 Å². The highest BCUT2D eigenvalue weighted by Crippen LogP contribution is 2.67. The van der Waals surface area contributed by atoms with Crippen molar-refractivity contribution in [3.63, 3.8) is 0 Å². The van der Waals surface area contributed by atoms with Crippen LogP contribution in [0.25, 0.3) is 0 Å². The zero-order valence-corrected chi connectivity index (χ0v) is 17.4. The normalized spacial score (nSPS) is 31.7. The second-order valence-corrected chi connectivity index (χ2v) is 9.83. The number of benzene rings is 1. The van der Waals surface area contributed by atoms with E-state index in [0.717, 1.165) is 24.0 Å². The number of hydrogen-bond acceptors (Lipinski definition) is 1. The Balaban J connectivity index is 0.00000225. The van der Waals surface area contributed by atoms with E-state index in [9.17, 15) is 4.79 Å². The minimum atomic E-state index is -0.0901. The van der Waals surface area contributed by atoms with Crippen LogP contribution in [0.3, 0.4) is 0 Å². The zero-order chi connectivity index (χ0) is 17.8. The summed E-state index contributed by atoms with van der Waals surface area (Å²) in [5, 5.41) is 0. The third kappa shape index (κ3) is 3.28. The van der Waals surface area contributed by atoms with Gasteiger partial charge in [0.2, 0.25) is 0 Å². The first-order valence-corrected chi connectivity index (χ1v) is 9.49. The molecule has 2 fully saturated rings. The van der Waals surface area contributed by atoms with E-state index in [-0.39, 0.29) is 29.2 Å². The van der Waals surface area contributed by atoms with Gasteiger partial charge in [0.1, 0.15) is 12.3 Å². The maximum Gasteiger partial charge on any atom is 0.143 e. The van der Waals surface area contributed by atoms with Gasteiger partial charge in [0.25, 0.3) is 0 Å². The Morgan fingerprint density at radius 2 is 1.76 bits per heavy atom. The fraction of sp³-hybridized carbons (Fsp3) is 0.682.